The molecule has 1 heterocycles. The maximum Gasteiger partial charge on any atom is 0.329 e. The molecule has 1 unspecified atom stereocenters. The number of hydrogen-bond donors (Lipinski definition) is 3. The van der Waals surface area contributed by atoms with E-state index in [-0.39, 0.29) is 41.5 Å². The highest BCUT2D eigenvalue weighted by Gasteiger charge is 2.69. The van der Waals surface area contributed by atoms with Crippen LogP contribution in [0.25, 0.3) is 0 Å². The number of primary amides is 1. The predicted molar refractivity (Wildman–Crippen MR) is 174 cm³/mol. The van der Waals surface area contributed by atoms with E-state index in [1.54, 1.807) is 4.90 Å². The molecule has 5 rings (SSSR count). The van der Waals surface area contributed by atoms with Crippen molar-refractivity contribution in [2.75, 3.05) is 6.54 Å². The summed E-state index contributed by atoms with van der Waals surface area (Å²) in [5, 5.41) is 5.68. The second-order valence-electron chi connectivity index (χ2n) is 18.0. The molecule has 0 radical (unpaired) electrons. The van der Waals surface area contributed by atoms with Gasteiger partial charge in [-0.15, -0.1) is 0 Å². The molecule has 0 aromatic heterocycles. The third-order valence-corrected chi connectivity index (χ3v) is 11.4. The zero-order chi connectivity index (χ0) is 34.8. The van der Waals surface area contributed by atoms with Crippen LogP contribution in [0.5, 0.6) is 0 Å². The van der Waals surface area contributed by atoms with Crippen molar-refractivity contribution in [1.82, 2.24) is 15.5 Å². The second-order valence-corrected chi connectivity index (χ2v) is 18.0. The quantitative estimate of drug-likeness (QED) is 0.189. The van der Waals surface area contributed by atoms with Gasteiger partial charge in [-0.3, -0.25) is 19.2 Å². The van der Waals surface area contributed by atoms with Crippen LogP contribution in [0.1, 0.15) is 107 Å². The molecule has 11 nitrogen and oxygen atoms in total. The third-order valence-electron chi connectivity index (χ3n) is 11.4. The lowest BCUT2D eigenvalue weighted by Crippen LogP contribution is -2.61. The van der Waals surface area contributed by atoms with E-state index in [9.17, 15) is 28.8 Å². The Morgan fingerprint density at radius 1 is 0.851 bits per heavy atom. The largest absolute Gasteiger partial charge is 0.460 e. The van der Waals surface area contributed by atoms with Crippen molar-refractivity contribution < 1.29 is 33.5 Å². The molecule has 11 heteroatoms. The van der Waals surface area contributed by atoms with Gasteiger partial charge in [0.15, 0.2) is 5.78 Å². The van der Waals surface area contributed by atoms with Gasteiger partial charge in [0.2, 0.25) is 11.7 Å². The van der Waals surface area contributed by atoms with Crippen LogP contribution >= 0.6 is 0 Å². The molecular weight excluding hydrogens is 600 g/mol. The van der Waals surface area contributed by atoms with Crippen molar-refractivity contribution in [3.8, 4) is 0 Å². The first-order valence-electron chi connectivity index (χ1n) is 17.7. The zero-order valence-electron chi connectivity index (χ0n) is 29.5. The third kappa shape index (κ3) is 7.85. The summed E-state index contributed by atoms with van der Waals surface area (Å²) in [7, 11) is 0. The Kier molecular flexibility index (Phi) is 9.38. The molecule has 4 saturated carbocycles. The Morgan fingerprint density at radius 3 is 1.85 bits per heavy atom. The molecule has 6 atom stereocenters. The van der Waals surface area contributed by atoms with E-state index in [1.165, 1.54) is 0 Å². The summed E-state index contributed by atoms with van der Waals surface area (Å²) in [4.78, 5) is 81.5. The topological polar surface area (TPSA) is 165 Å². The number of carbonyl (C=O) groups is 6. The minimum Gasteiger partial charge on any atom is -0.460 e. The molecule has 1 aliphatic heterocycles. The number of piperidine rings is 1. The summed E-state index contributed by atoms with van der Waals surface area (Å²) in [6.07, 6.45) is 6.33. The van der Waals surface area contributed by atoms with E-state index < -0.39 is 58.6 Å². The van der Waals surface area contributed by atoms with Gasteiger partial charge in [-0.05, 0) is 77.9 Å². The number of hydrogen-bond acceptors (Lipinski definition) is 7. The van der Waals surface area contributed by atoms with Crippen LogP contribution < -0.4 is 16.4 Å². The number of nitrogens with one attached hydrogen (secondary N) is 2. The van der Waals surface area contributed by atoms with Crippen LogP contribution in [0, 0.1) is 51.8 Å². The SMILES string of the molecule is CC(C)(C)[C@H](NC(=O)N[C@H](C(=O)N1C[C@H]2[C@@H]([C@H]1C(=O)CC(CC1CC1)C(=O)C(N)=O)C2(C)C)C(C)(C)C)C(=O)OC(C1CC1)C1CC1. The number of nitrogens with zero attached hydrogens (tertiary/aromatic N) is 1. The number of ketones is 2. The highest BCUT2D eigenvalue weighted by atomic mass is 16.5. The second kappa shape index (κ2) is 12.5. The number of rotatable bonds is 14. The van der Waals surface area contributed by atoms with Crippen LogP contribution in [0.15, 0.2) is 0 Å². The summed E-state index contributed by atoms with van der Waals surface area (Å²) in [6, 6.07) is -3.36. The van der Waals surface area contributed by atoms with Crippen LogP contribution in [0.3, 0.4) is 0 Å². The van der Waals surface area contributed by atoms with Crippen molar-refractivity contribution in [3.05, 3.63) is 0 Å². The first-order valence-corrected chi connectivity index (χ1v) is 17.7. The maximum absolute atomic E-state index is 14.4. The average Bonchev–Trinajstić information content (AvgIpc) is 3.75. The Morgan fingerprint density at radius 2 is 1.38 bits per heavy atom. The normalized spacial score (nSPS) is 26.9. The van der Waals surface area contributed by atoms with E-state index >= 15 is 0 Å². The molecule has 47 heavy (non-hydrogen) atoms. The summed E-state index contributed by atoms with van der Waals surface area (Å²) in [6.45, 7) is 15.6. The number of Topliss-reactive ketones (excluding diaryl/α,β-unsaturated/α-hetero) is 2. The van der Waals surface area contributed by atoms with Gasteiger partial charge < -0.3 is 26.0 Å². The van der Waals surface area contributed by atoms with Gasteiger partial charge in [-0.25, -0.2) is 9.59 Å². The fourth-order valence-electron chi connectivity index (χ4n) is 7.86. The molecule has 0 aromatic rings. The Labute approximate surface area is 279 Å². The Balaban J connectivity index is 1.30. The summed E-state index contributed by atoms with van der Waals surface area (Å²) < 4.78 is 6.01. The minimum atomic E-state index is -1.04. The van der Waals surface area contributed by atoms with Crippen molar-refractivity contribution >= 4 is 35.4 Å². The molecule has 4 amide bonds. The maximum atomic E-state index is 14.4. The van der Waals surface area contributed by atoms with Gasteiger partial charge >= 0.3 is 12.0 Å². The standard InChI is InChI=1S/C36H56N4O7/c1-34(2,3)28(38-33(46)39-29(35(4,5)6)32(45)47-27(19-11-12-19)20-13-14-20)31(44)40-17-22-24(36(22,7)8)25(40)23(41)16-21(15-18-9-10-18)26(42)30(37)43/h18-22,24-25,27-29H,9-17H2,1-8H3,(H2,37,43)(H2,38,39,46)/t21?,22-,24-,25+,28+,29+/m0/s1. The van der Waals surface area contributed by atoms with Crippen LogP contribution in [0.4, 0.5) is 4.79 Å². The van der Waals surface area contributed by atoms with Gasteiger partial charge in [0.25, 0.3) is 5.91 Å². The molecule has 0 spiro atoms. The van der Waals surface area contributed by atoms with E-state index in [2.05, 4.69) is 24.5 Å². The van der Waals surface area contributed by atoms with Crippen LogP contribution in [-0.4, -0.2) is 71.1 Å². The first kappa shape index (κ1) is 35.3. The highest BCUT2D eigenvalue weighted by Crippen LogP contribution is 2.65. The molecule has 262 valence electrons. The molecular formula is C36H56N4O7. The van der Waals surface area contributed by atoms with E-state index in [0.717, 1.165) is 38.5 Å². The van der Waals surface area contributed by atoms with E-state index in [1.807, 2.05) is 41.5 Å². The van der Waals surface area contributed by atoms with Gasteiger partial charge in [-0.2, -0.15) is 0 Å². The van der Waals surface area contributed by atoms with Crippen LogP contribution in [0.2, 0.25) is 0 Å². The predicted octanol–water partition coefficient (Wildman–Crippen LogP) is 3.76. The number of esters is 1. The average molecular weight is 657 g/mol. The molecule has 5 aliphatic rings. The fraction of sp³-hybridized carbons (Fsp3) is 0.833. The van der Waals surface area contributed by atoms with Crippen molar-refractivity contribution in [2.45, 2.75) is 131 Å². The number of nitrogens with two attached hydrogens (primary N) is 1. The lowest BCUT2D eigenvalue weighted by molar-refractivity contribution is -0.156. The molecule has 4 aliphatic carbocycles. The van der Waals surface area contributed by atoms with Gasteiger partial charge in [-0.1, -0.05) is 68.2 Å². The van der Waals surface area contributed by atoms with Gasteiger partial charge in [0.1, 0.15) is 18.2 Å². The number of carbonyl (C=O) groups excluding carboxylic acids is 6. The molecule has 0 bridgehead atoms. The fourth-order valence-corrected chi connectivity index (χ4v) is 7.86. The molecule has 4 N–H and O–H groups in total. The molecule has 1 saturated heterocycles. The smallest absolute Gasteiger partial charge is 0.329 e. The lowest BCUT2D eigenvalue weighted by atomic mass is 9.84. The van der Waals surface area contributed by atoms with E-state index in [0.29, 0.717) is 30.7 Å². The van der Waals surface area contributed by atoms with Gasteiger partial charge in [0.05, 0.1) is 6.04 Å². The summed E-state index contributed by atoms with van der Waals surface area (Å²) in [5.74, 6) is -2.53. The summed E-state index contributed by atoms with van der Waals surface area (Å²) >= 11 is 0. The molecule has 0 aromatic carbocycles. The lowest BCUT2D eigenvalue weighted by Gasteiger charge is -2.38. The minimum absolute atomic E-state index is 0.0791. The van der Waals surface area contributed by atoms with Crippen molar-refractivity contribution in [1.29, 1.82) is 0 Å². The number of amides is 4. The van der Waals surface area contributed by atoms with Crippen LogP contribution in [-0.2, 0) is 28.7 Å². The number of likely N-dealkylation sites (tertiary alicyclic amines) is 1. The number of fused-ring (bicyclic) bond motifs is 1. The summed E-state index contributed by atoms with van der Waals surface area (Å²) in [5.41, 5.74) is 3.81. The molecule has 5 fully saturated rings. The zero-order valence-corrected chi connectivity index (χ0v) is 29.5. The monoisotopic (exact) mass is 656 g/mol. The highest BCUT2D eigenvalue weighted by molar-refractivity contribution is 6.36. The Bertz CT molecular complexity index is 1290. The number of ether oxygens (including phenoxy) is 1. The Hall–Kier alpha value is -2.98. The van der Waals surface area contributed by atoms with Gasteiger partial charge in [0, 0.05) is 18.9 Å². The number of urea groups is 1. The van der Waals surface area contributed by atoms with Crippen molar-refractivity contribution in [3.63, 3.8) is 0 Å². The first-order chi connectivity index (χ1) is 21.7. The van der Waals surface area contributed by atoms with Crippen molar-refractivity contribution in [2.24, 2.45) is 57.5 Å². The van der Waals surface area contributed by atoms with E-state index in [4.69, 9.17) is 10.5 Å².